The molecule has 0 bridgehead atoms. The SMILES string of the molecule is Cc1cc(Cl)ccc1OCn1cc(Cl)c(C(=O)NN)n1. The van der Waals surface area contributed by atoms with E-state index in [1.807, 2.05) is 12.3 Å². The van der Waals surface area contributed by atoms with Crippen molar-refractivity contribution in [2.24, 2.45) is 5.84 Å². The Hall–Kier alpha value is -1.76. The zero-order chi connectivity index (χ0) is 14.7. The van der Waals surface area contributed by atoms with Crippen LogP contribution < -0.4 is 16.0 Å². The van der Waals surface area contributed by atoms with Gasteiger partial charge in [-0.3, -0.25) is 10.2 Å². The summed E-state index contributed by atoms with van der Waals surface area (Å²) >= 11 is 11.7. The molecule has 106 valence electrons. The molecule has 0 radical (unpaired) electrons. The molecule has 0 saturated heterocycles. The Morgan fingerprint density at radius 1 is 1.50 bits per heavy atom. The number of hydrogen-bond acceptors (Lipinski definition) is 4. The zero-order valence-electron chi connectivity index (χ0n) is 10.6. The third kappa shape index (κ3) is 3.22. The first-order valence-electron chi connectivity index (χ1n) is 5.64. The van der Waals surface area contributed by atoms with E-state index in [1.165, 1.54) is 10.9 Å². The van der Waals surface area contributed by atoms with E-state index in [0.717, 1.165) is 5.56 Å². The van der Waals surface area contributed by atoms with Crippen molar-refractivity contribution in [1.29, 1.82) is 0 Å². The average molecular weight is 315 g/mol. The van der Waals surface area contributed by atoms with E-state index in [4.69, 9.17) is 33.8 Å². The number of hydrazine groups is 1. The van der Waals surface area contributed by atoms with Crippen molar-refractivity contribution < 1.29 is 9.53 Å². The highest BCUT2D eigenvalue weighted by Gasteiger charge is 2.14. The van der Waals surface area contributed by atoms with Gasteiger partial charge >= 0.3 is 0 Å². The van der Waals surface area contributed by atoms with Gasteiger partial charge in [-0.1, -0.05) is 23.2 Å². The highest BCUT2D eigenvalue weighted by Crippen LogP contribution is 2.22. The summed E-state index contributed by atoms with van der Waals surface area (Å²) in [5, 5.41) is 4.82. The number of carbonyl (C=O) groups is 1. The summed E-state index contributed by atoms with van der Waals surface area (Å²) in [6, 6.07) is 5.28. The first-order valence-corrected chi connectivity index (χ1v) is 6.39. The van der Waals surface area contributed by atoms with Crippen LogP contribution in [0.2, 0.25) is 10.0 Å². The van der Waals surface area contributed by atoms with Crippen molar-refractivity contribution in [2.75, 3.05) is 0 Å². The molecule has 0 fully saturated rings. The summed E-state index contributed by atoms with van der Waals surface area (Å²) in [4.78, 5) is 11.4. The minimum atomic E-state index is -0.559. The molecule has 8 heteroatoms. The van der Waals surface area contributed by atoms with Crippen LogP contribution in [-0.2, 0) is 6.73 Å². The largest absolute Gasteiger partial charge is 0.471 e. The molecule has 0 atom stereocenters. The summed E-state index contributed by atoms with van der Waals surface area (Å²) in [6.45, 7) is 1.99. The van der Waals surface area contributed by atoms with Crippen molar-refractivity contribution in [3.8, 4) is 5.75 Å². The number of aryl methyl sites for hydroxylation is 1. The molecule has 0 saturated carbocycles. The van der Waals surface area contributed by atoms with E-state index in [1.54, 1.807) is 18.2 Å². The zero-order valence-corrected chi connectivity index (χ0v) is 12.1. The van der Waals surface area contributed by atoms with Gasteiger partial charge in [-0.25, -0.2) is 10.5 Å². The molecule has 1 amide bonds. The standard InChI is InChI=1S/C12H12Cl2N4O2/c1-7-4-8(13)2-3-10(7)20-6-18-5-9(14)11(17-18)12(19)16-15/h2-5H,6,15H2,1H3,(H,16,19). The minimum absolute atomic E-state index is 0.0468. The van der Waals surface area contributed by atoms with Crippen molar-refractivity contribution in [2.45, 2.75) is 13.7 Å². The van der Waals surface area contributed by atoms with Crippen LogP contribution in [0.3, 0.4) is 0 Å². The van der Waals surface area contributed by atoms with Crippen LogP contribution in [0, 0.1) is 6.92 Å². The lowest BCUT2D eigenvalue weighted by Gasteiger charge is -2.09. The van der Waals surface area contributed by atoms with Crippen LogP contribution in [0.1, 0.15) is 16.1 Å². The maximum absolute atomic E-state index is 11.4. The summed E-state index contributed by atoms with van der Waals surface area (Å²) in [6.07, 6.45) is 1.48. The van der Waals surface area contributed by atoms with Gasteiger partial charge in [-0.2, -0.15) is 5.10 Å². The molecule has 1 aromatic carbocycles. The second-order valence-corrected chi connectivity index (χ2v) is 4.87. The number of benzene rings is 1. The number of nitrogen functional groups attached to an aromatic ring is 1. The minimum Gasteiger partial charge on any atom is -0.471 e. The molecule has 2 aromatic rings. The molecule has 0 aliphatic heterocycles. The van der Waals surface area contributed by atoms with Crippen molar-refractivity contribution >= 4 is 29.1 Å². The molecule has 2 rings (SSSR count). The topological polar surface area (TPSA) is 82.2 Å². The number of ether oxygens (including phenoxy) is 1. The fraction of sp³-hybridized carbons (Fsp3) is 0.167. The van der Waals surface area contributed by atoms with Crippen LogP contribution in [-0.4, -0.2) is 15.7 Å². The Morgan fingerprint density at radius 3 is 2.90 bits per heavy atom. The van der Waals surface area contributed by atoms with E-state index in [2.05, 4.69) is 5.10 Å². The predicted molar refractivity (Wildman–Crippen MR) is 75.7 cm³/mol. The molecular weight excluding hydrogens is 303 g/mol. The number of nitrogens with two attached hydrogens (primary N) is 1. The third-order valence-electron chi connectivity index (χ3n) is 2.55. The van der Waals surface area contributed by atoms with Gasteiger partial charge in [0, 0.05) is 11.2 Å². The fourth-order valence-corrected chi connectivity index (χ4v) is 2.06. The Kier molecular flexibility index (Phi) is 4.49. The molecule has 1 heterocycles. The maximum atomic E-state index is 11.4. The highest BCUT2D eigenvalue weighted by atomic mass is 35.5. The van der Waals surface area contributed by atoms with Crippen molar-refractivity contribution in [1.82, 2.24) is 15.2 Å². The number of aromatic nitrogens is 2. The third-order valence-corrected chi connectivity index (χ3v) is 3.06. The predicted octanol–water partition coefficient (Wildman–Crippen LogP) is 2.14. The van der Waals surface area contributed by atoms with Crippen LogP contribution >= 0.6 is 23.2 Å². The second kappa shape index (κ2) is 6.13. The van der Waals surface area contributed by atoms with E-state index in [9.17, 15) is 4.79 Å². The van der Waals surface area contributed by atoms with Gasteiger partial charge in [0.15, 0.2) is 12.4 Å². The quantitative estimate of drug-likeness (QED) is 0.514. The molecule has 0 aliphatic rings. The first kappa shape index (κ1) is 14.6. The normalized spacial score (nSPS) is 10.4. The molecule has 20 heavy (non-hydrogen) atoms. The van der Waals surface area contributed by atoms with Crippen LogP contribution in [0.5, 0.6) is 5.75 Å². The number of carbonyl (C=O) groups excluding carboxylic acids is 1. The number of rotatable bonds is 4. The van der Waals surface area contributed by atoms with E-state index < -0.39 is 5.91 Å². The molecule has 3 N–H and O–H groups in total. The number of amides is 1. The average Bonchev–Trinajstić information content (AvgIpc) is 2.78. The van der Waals surface area contributed by atoms with Gasteiger partial charge in [-0.15, -0.1) is 0 Å². The van der Waals surface area contributed by atoms with E-state index >= 15 is 0 Å². The first-order chi connectivity index (χ1) is 9.51. The van der Waals surface area contributed by atoms with E-state index in [-0.39, 0.29) is 17.4 Å². The molecule has 6 nitrogen and oxygen atoms in total. The molecule has 0 unspecified atom stereocenters. The number of halogens is 2. The van der Waals surface area contributed by atoms with Crippen molar-refractivity contribution in [3.63, 3.8) is 0 Å². The lowest BCUT2D eigenvalue weighted by atomic mass is 10.2. The molecule has 1 aromatic heterocycles. The molecule has 0 aliphatic carbocycles. The maximum Gasteiger partial charge on any atom is 0.287 e. The summed E-state index contributed by atoms with van der Waals surface area (Å²) < 4.78 is 6.98. The van der Waals surface area contributed by atoms with Gasteiger partial charge in [-0.05, 0) is 30.7 Å². The van der Waals surface area contributed by atoms with E-state index in [0.29, 0.717) is 10.8 Å². The Morgan fingerprint density at radius 2 is 2.25 bits per heavy atom. The van der Waals surface area contributed by atoms with Gasteiger partial charge in [0.05, 0.1) is 5.02 Å². The Balaban J connectivity index is 2.09. The Labute approximate surface area is 125 Å². The second-order valence-electron chi connectivity index (χ2n) is 4.02. The number of nitrogens with zero attached hydrogens (tertiary/aromatic N) is 2. The highest BCUT2D eigenvalue weighted by molar-refractivity contribution is 6.33. The smallest absolute Gasteiger partial charge is 0.287 e. The monoisotopic (exact) mass is 314 g/mol. The van der Waals surface area contributed by atoms with Crippen LogP contribution in [0.4, 0.5) is 0 Å². The van der Waals surface area contributed by atoms with Crippen molar-refractivity contribution in [3.05, 3.63) is 45.7 Å². The number of hydrogen-bond donors (Lipinski definition) is 2. The van der Waals surface area contributed by atoms with Crippen LogP contribution in [0.25, 0.3) is 0 Å². The lowest BCUT2D eigenvalue weighted by Crippen LogP contribution is -2.30. The molecule has 0 spiro atoms. The summed E-state index contributed by atoms with van der Waals surface area (Å²) in [5.41, 5.74) is 2.92. The summed E-state index contributed by atoms with van der Waals surface area (Å²) in [7, 11) is 0. The lowest BCUT2D eigenvalue weighted by molar-refractivity contribution is 0.0946. The van der Waals surface area contributed by atoms with Gasteiger partial charge in [0.25, 0.3) is 5.91 Å². The van der Waals surface area contributed by atoms with Gasteiger partial charge < -0.3 is 4.74 Å². The number of nitrogens with one attached hydrogen (secondary N) is 1. The van der Waals surface area contributed by atoms with Gasteiger partial charge in [0.2, 0.25) is 0 Å². The fourth-order valence-electron chi connectivity index (χ4n) is 1.60. The van der Waals surface area contributed by atoms with Crippen LogP contribution in [0.15, 0.2) is 24.4 Å². The summed E-state index contributed by atoms with van der Waals surface area (Å²) in [5.74, 6) is 5.14. The Bertz CT molecular complexity index is 642. The molecular formula is C12H12Cl2N4O2. The van der Waals surface area contributed by atoms with Gasteiger partial charge in [0.1, 0.15) is 5.75 Å².